The van der Waals surface area contributed by atoms with Crippen LogP contribution >= 0.6 is 0 Å². The zero-order valence-electron chi connectivity index (χ0n) is 9.90. The zero-order valence-corrected chi connectivity index (χ0v) is 9.90. The van der Waals surface area contributed by atoms with Gasteiger partial charge in [0.2, 0.25) is 0 Å². The third kappa shape index (κ3) is 2.85. The van der Waals surface area contributed by atoms with E-state index in [-0.39, 0.29) is 23.9 Å². The highest BCUT2D eigenvalue weighted by atomic mass is 19.1. The molecule has 0 spiro atoms. The molecule has 0 bridgehead atoms. The van der Waals surface area contributed by atoms with E-state index >= 15 is 0 Å². The Labute approximate surface area is 101 Å². The van der Waals surface area contributed by atoms with E-state index in [9.17, 15) is 14.6 Å². The van der Waals surface area contributed by atoms with Crippen LogP contribution in [0.25, 0.3) is 0 Å². The van der Waals surface area contributed by atoms with Crippen LogP contribution < -0.4 is 0 Å². The standard InChI is InChI=1S/C14H19FO2/c15-13-4-2-1-3-11(13)9-14(10-16)7-5-12(17)6-8-14/h1-4,12,16-17H,5-10H2. The van der Waals surface area contributed by atoms with Gasteiger partial charge in [-0.25, -0.2) is 4.39 Å². The summed E-state index contributed by atoms with van der Waals surface area (Å²) < 4.78 is 13.6. The van der Waals surface area contributed by atoms with Crippen molar-refractivity contribution in [2.24, 2.45) is 5.41 Å². The van der Waals surface area contributed by atoms with Gasteiger partial charge in [-0.3, -0.25) is 0 Å². The molecule has 1 aliphatic rings. The summed E-state index contributed by atoms with van der Waals surface area (Å²) in [5.74, 6) is -0.202. The number of benzene rings is 1. The first-order valence-corrected chi connectivity index (χ1v) is 6.18. The van der Waals surface area contributed by atoms with Crippen LogP contribution in [0.3, 0.4) is 0 Å². The molecule has 0 unspecified atom stereocenters. The largest absolute Gasteiger partial charge is 0.396 e. The molecule has 3 heteroatoms. The van der Waals surface area contributed by atoms with E-state index in [1.54, 1.807) is 12.1 Å². The molecule has 0 aliphatic heterocycles. The SMILES string of the molecule is OCC1(Cc2ccccc2F)CCC(O)CC1. The molecule has 0 atom stereocenters. The average Bonchev–Trinajstić information content (AvgIpc) is 2.35. The summed E-state index contributed by atoms with van der Waals surface area (Å²) in [4.78, 5) is 0. The number of hydrogen-bond acceptors (Lipinski definition) is 2. The number of hydrogen-bond donors (Lipinski definition) is 2. The van der Waals surface area contributed by atoms with Crippen LogP contribution in [-0.4, -0.2) is 22.9 Å². The van der Waals surface area contributed by atoms with Crippen LogP contribution in [0.5, 0.6) is 0 Å². The Morgan fingerprint density at radius 2 is 1.88 bits per heavy atom. The highest BCUT2D eigenvalue weighted by Gasteiger charge is 2.34. The first-order chi connectivity index (χ1) is 8.15. The van der Waals surface area contributed by atoms with Gasteiger partial charge in [0.1, 0.15) is 5.82 Å². The van der Waals surface area contributed by atoms with Crippen molar-refractivity contribution in [2.75, 3.05) is 6.61 Å². The summed E-state index contributed by atoms with van der Waals surface area (Å²) in [6.45, 7) is 0.0635. The predicted octanol–water partition coefficient (Wildman–Crippen LogP) is 2.28. The lowest BCUT2D eigenvalue weighted by Crippen LogP contribution is -2.35. The van der Waals surface area contributed by atoms with Crippen LogP contribution in [0.4, 0.5) is 4.39 Å². The van der Waals surface area contributed by atoms with Crippen molar-refractivity contribution < 1.29 is 14.6 Å². The molecule has 2 rings (SSSR count). The van der Waals surface area contributed by atoms with Crippen molar-refractivity contribution in [1.82, 2.24) is 0 Å². The number of halogens is 1. The Bertz CT molecular complexity index is 370. The molecule has 2 nitrogen and oxygen atoms in total. The van der Waals surface area contributed by atoms with Crippen LogP contribution in [-0.2, 0) is 6.42 Å². The number of aliphatic hydroxyl groups is 2. The summed E-state index contributed by atoms with van der Waals surface area (Å²) in [6.07, 6.45) is 3.24. The second kappa shape index (κ2) is 5.15. The highest BCUT2D eigenvalue weighted by Crippen LogP contribution is 2.39. The summed E-state index contributed by atoms with van der Waals surface area (Å²) >= 11 is 0. The van der Waals surface area contributed by atoms with Crippen LogP contribution in [0, 0.1) is 11.2 Å². The van der Waals surface area contributed by atoms with Gasteiger partial charge in [0, 0.05) is 6.61 Å². The van der Waals surface area contributed by atoms with Crippen LogP contribution in [0.2, 0.25) is 0 Å². The first-order valence-electron chi connectivity index (χ1n) is 6.18. The first kappa shape index (κ1) is 12.5. The molecular formula is C14H19FO2. The average molecular weight is 238 g/mol. The lowest BCUT2D eigenvalue weighted by molar-refractivity contribution is 0.0237. The number of rotatable bonds is 3. The maximum atomic E-state index is 13.6. The van der Waals surface area contributed by atoms with E-state index in [1.807, 2.05) is 6.07 Å². The molecule has 1 saturated carbocycles. The zero-order chi connectivity index (χ0) is 12.3. The summed E-state index contributed by atoms with van der Waals surface area (Å²) in [5.41, 5.74) is 0.416. The minimum atomic E-state index is -0.254. The quantitative estimate of drug-likeness (QED) is 0.848. The van der Waals surface area contributed by atoms with E-state index in [2.05, 4.69) is 0 Å². The Morgan fingerprint density at radius 1 is 1.24 bits per heavy atom. The fourth-order valence-electron chi connectivity index (χ4n) is 2.65. The van der Waals surface area contributed by atoms with Crippen molar-refractivity contribution in [3.05, 3.63) is 35.6 Å². The Kier molecular flexibility index (Phi) is 3.79. The van der Waals surface area contributed by atoms with Crippen molar-refractivity contribution in [2.45, 2.75) is 38.2 Å². The van der Waals surface area contributed by atoms with Crippen LogP contribution in [0.15, 0.2) is 24.3 Å². The van der Waals surface area contributed by atoms with Gasteiger partial charge >= 0.3 is 0 Å². The molecule has 0 heterocycles. The van der Waals surface area contributed by atoms with Gasteiger partial charge in [-0.2, -0.15) is 0 Å². The number of aliphatic hydroxyl groups excluding tert-OH is 2. The minimum Gasteiger partial charge on any atom is -0.396 e. The molecule has 1 aromatic rings. The Hall–Kier alpha value is -0.930. The fraction of sp³-hybridized carbons (Fsp3) is 0.571. The molecule has 1 aromatic carbocycles. The molecule has 2 N–H and O–H groups in total. The van der Waals surface area contributed by atoms with Gasteiger partial charge in [-0.05, 0) is 49.1 Å². The molecule has 0 aromatic heterocycles. The van der Waals surface area contributed by atoms with Gasteiger partial charge in [-0.15, -0.1) is 0 Å². The van der Waals surface area contributed by atoms with Crippen molar-refractivity contribution in [1.29, 1.82) is 0 Å². The third-order valence-corrected chi connectivity index (χ3v) is 3.87. The molecule has 1 aliphatic carbocycles. The van der Waals surface area contributed by atoms with Gasteiger partial charge in [0.25, 0.3) is 0 Å². The maximum Gasteiger partial charge on any atom is 0.126 e. The van der Waals surface area contributed by atoms with Crippen molar-refractivity contribution in [3.63, 3.8) is 0 Å². The lowest BCUT2D eigenvalue weighted by Gasteiger charge is -2.37. The second-order valence-electron chi connectivity index (χ2n) is 5.16. The topological polar surface area (TPSA) is 40.5 Å². The monoisotopic (exact) mass is 238 g/mol. The minimum absolute atomic E-state index is 0.0635. The van der Waals surface area contributed by atoms with Crippen LogP contribution in [0.1, 0.15) is 31.2 Å². The smallest absolute Gasteiger partial charge is 0.126 e. The molecule has 0 saturated heterocycles. The van der Waals surface area contributed by atoms with Gasteiger partial charge in [0.05, 0.1) is 6.10 Å². The molecule has 0 amide bonds. The third-order valence-electron chi connectivity index (χ3n) is 3.87. The van der Waals surface area contributed by atoms with E-state index in [1.165, 1.54) is 6.07 Å². The predicted molar refractivity (Wildman–Crippen MR) is 64.1 cm³/mol. The summed E-state index contributed by atoms with van der Waals surface area (Å²) in [6, 6.07) is 6.73. The van der Waals surface area contributed by atoms with Gasteiger partial charge in [0.15, 0.2) is 0 Å². The molecule has 1 fully saturated rings. The highest BCUT2D eigenvalue weighted by molar-refractivity contribution is 5.19. The maximum absolute atomic E-state index is 13.6. The van der Waals surface area contributed by atoms with E-state index in [4.69, 9.17) is 0 Å². The second-order valence-corrected chi connectivity index (χ2v) is 5.16. The van der Waals surface area contributed by atoms with Gasteiger partial charge in [-0.1, -0.05) is 18.2 Å². The Balaban J connectivity index is 2.12. The van der Waals surface area contributed by atoms with E-state index in [0.717, 1.165) is 12.8 Å². The van der Waals surface area contributed by atoms with E-state index in [0.29, 0.717) is 24.8 Å². The molecule has 94 valence electrons. The lowest BCUT2D eigenvalue weighted by atomic mass is 9.70. The summed E-state index contributed by atoms with van der Waals surface area (Å²) in [7, 11) is 0. The summed E-state index contributed by atoms with van der Waals surface area (Å²) in [5, 5.41) is 19.1. The normalized spacial score (nSPS) is 29.2. The van der Waals surface area contributed by atoms with Crippen molar-refractivity contribution >= 4 is 0 Å². The van der Waals surface area contributed by atoms with Crippen molar-refractivity contribution in [3.8, 4) is 0 Å². The van der Waals surface area contributed by atoms with Gasteiger partial charge < -0.3 is 10.2 Å². The van der Waals surface area contributed by atoms with E-state index < -0.39 is 0 Å². The Morgan fingerprint density at radius 3 is 2.47 bits per heavy atom. The fourth-order valence-corrected chi connectivity index (χ4v) is 2.65. The molecule has 0 radical (unpaired) electrons. The molecular weight excluding hydrogens is 219 g/mol. The molecule has 17 heavy (non-hydrogen) atoms.